The minimum Gasteiger partial charge on any atom is -0.337 e. The highest BCUT2D eigenvalue weighted by atomic mass is 16.2. The lowest BCUT2D eigenvalue weighted by atomic mass is 9.98. The first-order chi connectivity index (χ1) is 14.0. The molecule has 5 nitrogen and oxygen atoms in total. The predicted octanol–water partition coefficient (Wildman–Crippen LogP) is 3.86. The molecule has 1 aliphatic heterocycles. The molecule has 0 aliphatic carbocycles. The van der Waals surface area contributed by atoms with Crippen molar-refractivity contribution in [1.29, 1.82) is 5.26 Å². The van der Waals surface area contributed by atoms with Gasteiger partial charge >= 0.3 is 0 Å². The molecule has 5 heteroatoms. The maximum absolute atomic E-state index is 12.9. The van der Waals surface area contributed by atoms with Crippen LogP contribution in [0.15, 0.2) is 48.5 Å². The fraction of sp³-hybridized carbons (Fsp3) is 0.292. The van der Waals surface area contributed by atoms with Crippen LogP contribution in [0.2, 0.25) is 0 Å². The minimum atomic E-state index is 0.0593. The van der Waals surface area contributed by atoms with Gasteiger partial charge in [-0.15, -0.1) is 0 Å². The largest absolute Gasteiger partial charge is 0.337 e. The number of likely N-dealkylation sites (N-methyl/N-ethyl adjacent to an activating group) is 1. The molecule has 2 aromatic carbocycles. The van der Waals surface area contributed by atoms with Crippen molar-refractivity contribution in [2.75, 3.05) is 27.2 Å². The molecule has 146 valence electrons. The fourth-order valence-electron chi connectivity index (χ4n) is 4.02. The van der Waals surface area contributed by atoms with Crippen LogP contribution in [0.4, 0.5) is 0 Å². The van der Waals surface area contributed by atoms with E-state index in [1.807, 2.05) is 60.4 Å². The molecule has 29 heavy (non-hydrogen) atoms. The topological polar surface area (TPSA) is 60.2 Å². The summed E-state index contributed by atoms with van der Waals surface area (Å²) in [5.74, 6) is 0.0593. The lowest BCUT2D eigenvalue weighted by Gasteiger charge is -2.20. The third-order valence-corrected chi connectivity index (χ3v) is 5.85. The van der Waals surface area contributed by atoms with E-state index in [1.54, 1.807) is 0 Å². The molecule has 0 bridgehead atoms. The molecule has 1 amide bonds. The second-order valence-corrected chi connectivity index (χ2v) is 7.82. The van der Waals surface area contributed by atoms with Crippen molar-refractivity contribution >= 4 is 16.8 Å². The van der Waals surface area contributed by atoms with Crippen molar-refractivity contribution in [3.63, 3.8) is 0 Å². The van der Waals surface area contributed by atoms with Gasteiger partial charge in [-0.05, 0) is 51.2 Å². The Morgan fingerprint density at radius 2 is 1.90 bits per heavy atom. The van der Waals surface area contributed by atoms with Crippen LogP contribution in [-0.4, -0.2) is 53.9 Å². The van der Waals surface area contributed by atoms with Crippen LogP contribution >= 0.6 is 0 Å². The number of fused-ring (bicyclic) bond motifs is 1. The summed E-state index contributed by atoms with van der Waals surface area (Å²) in [6.45, 7) is 3.50. The Labute approximate surface area is 171 Å². The van der Waals surface area contributed by atoms with Crippen molar-refractivity contribution in [3.8, 4) is 17.3 Å². The van der Waals surface area contributed by atoms with Crippen LogP contribution in [0.3, 0.4) is 0 Å². The first kappa shape index (κ1) is 19.1. The maximum atomic E-state index is 12.9. The van der Waals surface area contributed by atoms with Crippen molar-refractivity contribution < 1.29 is 4.79 Å². The Morgan fingerprint density at radius 1 is 1.17 bits per heavy atom. The summed E-state index contributed by atoms with van der Waals surface area (Å²) in [7, 11) is 4.11. The number of carbonyl (C=O) groups excluding carboxylic acids is 1. The van der Waals surface area contributed by atoms with Gasteiger partial charge in [-0.3, -0.25) is 4.79 Å². The highest BCUT2D eigenvalue weighted by Gasteiger charge is 2.28. The van der Waals surface area contributed by atoms with Gasteiger partial charge in [0.15, 0.2) is 0 Å². The molecular formula is C24H24N4O. The molecule has 1 aromatic heterocycles. The van der Waals surface area contributed by atoms with Gasteiger partial charge in [-0.1, -0.05) is 30.3 Å². The van der Waals surface area contributed by atoms with E-state index in [2.05, 4.69) is 25.1 Å². The summed E-state index contributed by atoms with van der Waals surface area (Å²) in [5, 5.41) is 10.7. The van der Waals surface area contributed by atoms with Gasteiger partial charge in [0.25, 0.3) is 5.91 Å². The van der Waals surface area contributed by atoms with Crippen molar-refractivity contribution in [3.05, 3.63) is 65.2 Å². The summed E-state index contributed by atoms with van der Waals surface area (Å²) in [4.78, 5) is 21.7. The van der Waals surface area contributed by atoms with E-state index < -0.39 is 0 Å². The van der Waals surface area contributed by atoms with Gasteiger partial charge in [-0.2, -0.15) is 5.26 Å². The zero-order valence-corrected chi connectivity index (χ0v) is 17.0. The lowest BCUT2D eigenvalue weighted by molar-refractivity contribution is 0.0783. The molecule has 1 unspecified atom stereocenters. The van der Waals surface area contributed by atoms with Crippen LogP contribution in [0.25, 0.3) is 22.2 Å². The fourth-order valence-corrected chi connectivity index (χ4v) is 4.02. The first-order valence-corrected chi connectivity index (χ1v) is 9.85. The summed E-state index contributed by atoms with van der Waals surface area (Å²) in [5.41, 5.74) is 4.56. The van der Waals surface area contributed by atoms with Crippen molar-refractivity contribution in [2.24, 2.45) is 0 Å². The quantitative estimate of drug-likeness (QED) is 0.688. The number of benzene rings is 2. The van der Waals surface area contributed by atoms with E-state index >= 15 is 0 Å². The molecule has 0 N–H and O–H groups in total. The third-order valence-electron chi connectivity index (χ3n) is 5.85. The van der Waals surface area contributed by atoms with Crippen LogP contribution in [-0.2, 0) is 0 Å². The molecule has 2 heterocycles. The van der Waals surface area contributed by atoms with Crippen LogP contribution < -0.4 is 0 Å². The number of amides is 1. The number of aryl methyl sites for hydroxylation is 1. The summed E-state index contributed by atoms with van der Waals surface area (Å²) < 4.78 is 0. The highest BCUT2D eigenvalue weighted by Crippen LogP contribution is 2.29. The van der Waals surface area contributed by atoms with E-state index in [0.29, 0.717) is 22.9 Å². The normalized spacial score (nSPS) is 16.4. The number of likely N-dealkylation sites (tertiary alicyclic amines) is 1. The second kappa shape index (κ2) is 7.65. The molecule has 0 saturated carbocycles. The van der Waals surface area contributed by atoms with E-state index in [-0.39, 0.29) is 5.91 Å². The predicted molar refractivity (Wildman–Crippen MR) is 115 cm³/mol. The number of nitrogens with zero attached hydrogens (tertiary/aromatic N) is 4. The summed E-state index contributed by atoms with van der Waals surface area (Å²) in [6.07, 6.45) is 1.00. The SMILES string of the molecule is Cc1c(C#N)c(-c2ccc(C(=O)N3CCC(N(C)C)C3)cc2)nc2ccccc12. The van der Waals surface area contributed by atoms with Gasteiger partial charge in [0.05, 0.1) is 16.8 Å². The van der Waals surface area contributed by atoms with Crippen LogP contribution in [0, 0.1) is 18.3 Å². The van der Waals surface area contributed by atoms with E-state index in [0.717, 1.165) is 41.5 Å². The second-order valence-electron chi connectivity index (χ2n) is 7.82. The summed E-state index contributed by atoms with van der Waals surface area (Å²) >= 11 is 0. The Hall–Kier alpha value is -3.23. The van der Waals surface area contributed by atoms with Gasteiger partial charge in [0.2, 0.25) is 0 Å². The van der Waals surface area contributed by atoms with Gasteiger partial charge in [0.1, 0.15) is 6.07 Å². The zero-order chi connectivity index (χ0) is 20.5. The molecule has 4 rings (SSSR count). The monoisotopic (exact) mass is 384 g/mol. The highest BCUT2D eigenvalue weighted by molar-refractivity contribution is 5.95. The Kier molecular flexibility index (Phi) is 5.04. The number of pyridine rings is 1. The smallest absolute Gasteiger partial charge is 0.253 e. The Bertz CT molecular complexity index is 1110. The first-order valence-electron chi connectivity index (χ1n) is 9.85. The van der Waals surface area contributed by atoms with Crippen LogP contribution in [0.5, 0.6) is 0 Å². The molecule has 1 atom stereocenters. The zero-order valence-electron chi connectivity index (χ0n) is 17.0. The number of para-hydroxylation sites is 1. The number of hydrogen-bond acceptors (Lipinski definition) is 4. The molecule has 1 saturated heterocycles. The van der Waals surface area contributed by atoms with Gasteiger partial charge < -0.3 is 9.80 Å². The number of hydrogen-bond donors (Lipinski definition) is 0. The maximum Gasteiger partial charge on any atom is 0.253 e. The number of nitriles is 1. The van der Waals surface area contributed by atoms with E-state index in [1.165, 1.54) is 0 Å². The third kappa shape index (κ3) is 3.48. The number of carbonyl (C=O) groups is 1. The van der Waals surface area contributed by atoms with Gasteiger partial charge in [0, 0.05) is 35.6 Å². The lowest BCUT2D eigenvalue weighted by Crippen LogP contribution is -2.34. The van der Waals surface area contributed by atoms with Crippen LogP contribution in [0.1, 0.15) is 27.9 Å². The van der Waals surface area contributed by atoms with E-state index in [9.17, 15) is 10.1 Å². The average Bonchev–Trinajstić information content (AvgIpc) is 3.24. The standard InChI is InChI=1S/C24H24N4O/c1-16-20-6-4-5-7-22(20)26-23(21(16)14-25)17-8-10-18(11-9-17)24(29)28-13-12-19(15-28)27(2)3/h4-11,19H,12-13,15H2,1-3H3. The summed E-state index contributed by atoms with van der Waals surface area (Å²) in [6, 6.07) is 18.0. The molecular weight excluding hydrogens is 360 g/mol. The molecule has 0 spiro atoms. The molecule has 1 fully saturated rings. The molecule has 3 aromatic rings. The van der Waals surface area contributed by atoms with Crippen molar-refractivity contribution in [1.82, 2.24) is 14.8 Å². The average molecular weight is 384 g/mol. The van der Waals surface area contributed by atoms with Crippen molar-refractivity contribution in [2.45, 2.75) is 19.4 Å². The van der Waals surface area contributed by atoms with Gasteiger partial charge in [-0.25, -0.2) is 4.98 Å². The molecule has 1 aliphatic rings. The Balaban J connectivity index is 1.65. The van der Waals surface area contributed by atoms with E-state index in [4.69, 9.17) is 4.98 Å². The molecule has 0 radical (unpaired) electrons. The number of rotatable bonds is 3. The minimum absolute atomic E-state index is 0.0593. The number of aromatic nitrogens is 1. The Morgan fingerprint density at radius 3 is 2.55 bits per heavy atom.